The zero-order valence-corrected chi connectivity index (χ0v) is 15.7. The minimum Gasteiger partial charge on any atom is -0.489 e. The van der Waals surface area contributed by atoms with Crippen molar-refractivity contribution in [2.45, 2.75) is 51.7 Å². The van der Waals surface area contributed by atoms with Gasteiger partial charge < -0.3 is 14.8 Å². The van der Waals surface area contributed by atoms with Crippen molar-refractivity contribution in [2.75, 3.05) is 13.2 Å². The summed E-state index contributed by atoms with van der Waals surface area (Å²) >= 11 is 0. The number of carbonyl (C=O) groups excluding carboxylic acids is 1. The Bertz CT molecular complexity index is 717. The largest absolute Gasteiger partial charge is 0.489 e. The van der Waals surface area contributed by atoms with Crippen LogP contribution in [0.3, 0.4) is 0 Å². The highest BCUT2D eigenvalue weighted by molar-refractivity contribution is 5.88. The number of nitrogens with one attached hydrogen (secondary N) is 1. The first-order valence-electron chi connectivity index (χ1n) is 9.68. The van der Waals surface area contributed by atoms with Crippen LogP contribution in [-0.4, -0.2) is 31.3 Å². The number of esters is 1. The fourth-order valence-electron chi connectivity index (χ4n) is 3.43. The first-order valence-corrected chi connectivity index (χ1v) is 9.68. The molecule has 0 saturated heterocycles. The van der Waals surface area contributed by atoms with Gasteiger partial charge in [-0.25, -0.2) is 0 Å². The highest BCUT2D eigenvalue weighted by Crippen LogP contribution is 2.27. The third-order valence-corrected chi connectivity index (χ3v) is 4.90. The van der Waals surface area contributed by atoms with Crippen LogP contribution in [0.15, 0.2) is 42.5 Å². The van der Waals surface area contributed by atoms with Crippen molar-refractivity contribution >= 4 is 16.7 Å². The number of rotatable bonds is 8. The van der Waals surface area contributed by atoms with Gasteiger partial charge in [0.15, 0.2) is 0 Å². The molecule has 1 aliphatic rings. The second-order valence-electron chi connectivity index (χ2n) is 7.39. The summed E-state index contributed by atoms with van der Waals surface area (Å²) < 4.78 is 11.9. The number of hydrogen-bond donors (Lipinski definition) is 1. The quantitative estimate of drug-likeness (QED) is 0.717. The molecule has 0 bridgehead atoms. The van der Waals surface area contributed by atoms with Crippen molar-refractivity contribution in [3.63, 3.8) is 0 Å². The molecule has 0 aliphatic heterocycles. The Morgan fingerprint density at radius 3 is 2.62 bits per heavy atom. The summed E-state index contributed by atoms with van der Waals surface area (Å²) in [6.07, 6.45) is 3.87. The van der Waals surface area contributed by atoms with Crippen molar-refractivity contribution in [1.29, 1.82) is 0 Å². The minimum atomic E-state index is -0.288. The lowest BCUT2D eigenvalue weighted by molar-refractivity contribution is -0.155. The summed E-state index contributed by atoms with van der Waals surface area (Å²) in [5.74, 6) is 0.822. The lowest BCUT2D eigenvalue weighted by Crippen LogP contribution is -2.39. The van der Waals surface area contributed by atoms with E-state index in [9.17, 15) is 4.79 Å². The van der Waals surface area contributed by atoms with Gasteiger partial charge >= 0.3 is 5.97 Å². The molecule has 0 radical (unpaired) electrons. The summed E-state index contributed by atoms with van der Waals surface area (Å²) in [7, 11) is 0. The average molecular weight is 355 g/mol. The minimum absolute atomic E-state index is 0.0640. The monoisotopic (exact) mass is 355 g/mol. The molecule has 1 N–H and O–H groups in total. The molecule has 26 heavy (non-hydrogen) atoms. The molecule has 2 aromatic carbocycles. The third-order valence-electron chi connectivity index (χ3n) is 4.90. The van der Waals surface area contributed by atoms with E-state index in [2.05, 4.69) is 37.4 Å². The molecule has 1 atom stereocenters. The molecule has 2 aromatic rings. The van der Waals surface area contributed by atoms with Crippen LogP contribution < -0.4 is 10.1 Å². The van der Waals surface area contributed by atoms with Crippen molar-refractivity contribution in [3.8, 4) is 5.75 Å². The van der Waals surface area contributed by atoms with Gasteiger partial charge in [-0.3, -0.25) is 4.79 Å². The van der Waals surface area contributed by atoms with Crippen LogP contribution in [0.1, 0.15) is 39.5 Å². The molecule has 4 heteroatoms. The number of carbonyl (C=O) groups is 1. The van der Waals surface area contributed by atoms with E-state index in [4.69, 9.17) is 9.47 Å². The molecule has 3 rings (SSSR count). The second kappa shape index (κ2) is 9.04. The zero-order chi connectivity index (χ0) is 18.4. The molecule has 140 valence electrons. The van der Waals surface area contributed by atoms with E-state index < -0.39 is 0 Å². The van der Waals surface area contributed by atoms with E-state index in [1.165, 1.54) is 0 Å². The number of fused-ring (bicyclic) bond motifs is 1. The SMILES string of the molecule is CC(C)NC[C@@H](COc1cccc2ccccc12)OC(=O)C1CCCC1. The van der Waals surface area contributed by atoms with Gasteiger partial charge in [-0.05, 0) is 24.3 Å². The van der Waals surface area contributed by atoms with Gasteiger partial charge in [0, 0.05) is 18.0 Å². The lowest BCUT2D eigenvalue weighted by Gasteiger charge is -2.22. The first kappa shape index (κ1) is 18.7. The Kier molecular flexibility index (Phi) is 6.51. The van der Waals surface area contributed by atoms with Crippen LogP contribution in [0.5, 0.6) is 5.75 Å². The van der Waals surface area contributed by atoms with E-state index in [1.807, 2.05) is 24.3 Å². The number of hydrogen-bond acceptors (Lipinski definition) is 4. The van der Waals surface area contributed by atoms with Gasteiger partial charge in [0.25, 0.3) is 0 Å². The predicted octanol–water partition coefficient (Wildman–Crippen LogP) is 4.32. The molecule has 4 nitrogen and oxygen atoms in total. The number of ether oxygens (including phenoxy) is 2. The van der Waals surface area contributed by atoms with Gasteiger partial charge in [0.1, 0.15) is 18.5 Å². The predicted molar refractivity (Wildman–Crippen MR) is 104 cm³/mol. The van der Waals surface area contributed by atoms with Crippen molar-refractivity contribution in [2.24, 2.45) is 5.92 Å². The van der Waals surface area contributed by atoms with Crippen molar-refractivity contribution in [1.82, 2.24) is 5.32 Å². The Labute approximate surface area is 155 Å². The molecule has 0 amide bonds. The summed E-state index contributed by atoms with van der Waals surface area (Å²) in [6.45, 7) is 5.12. The highest BCUT2D eigenvalue weighted by atomic mass is 16.6. The van der Waals surface area contributed by atoms with Crippen LogP contribution in [0, 0.1) is 5.92 Å². The van der Waals surface area contributed by atoms with Gasteiger partial charge in [0.05, 0.1) is 5.92 Å². The van der Waals surface area contributed by atoms with Crippen LogP contribution in [-0.2, 0) is 9.53 Å². The van der Waals surface area contributed by atoms with E-state index in [0.717, 1.165) is 42.2 Å². The van der Waals surface area contributed by atoms with E-state index in [0.29, 0.717) is 19.2 Å². The average Bonchev–Trinajstić information content (AvgIpc) is 3.18. The Morgan fingerprint density at radius 1 is 1.12 bits per heavy atom. The van der Waals surface area contributed by atoms with Crippen LogP contribution >= 0.6 is 0 Å². The normalized spacial score (nSPS) is 16.1. The Morgan fingerprint density at radius 2 is 1.85 bits per heavy atom. The maximum atomic E-state index is 12.4. The summed E-state index contributed by atoms with van der Waals surface area (Å²) in [5, 5.41) is 5.58. The zero-order valence-electron chi connectivity index (χ0n) is 15.7. The van der Waals surface area contributed by atoms with E-state index in [-0.39, 0.29) is 18.0 Å². The van der Waals surface area contributed by atoms with Crippen LogP contribution in [0.2, 0.25) is 0 Å². The van der Waals surface area contributed by atoms with E-state index in [1.54, 1.807) is 0 Å². The molecule has 0 unspecified atom stereocenters. The molecule has 1 saturated carbocycles. The Balaban J connectivity index is 1.65. The lowest BCUT2D eigenvalue weighted by atomic mass is 10.1. The fraction of sp³-hybridized carbons (Fsp3) is 0.500. The van der Waals surface area contributed by atoms with Gasteiger partial charge in [-0.1, -0.05) is 63.1 Å². The molecule has 1 fully saturated rings. The van der Waals surface area contributed by atoms with Crippen molar-refractivity contribution < 1.29 is 14.3 Å². The standard InChI is InChI=1S/C22H29NO3/c1-16(2)23-14-19(26-22(24)18-9-3-4-10-18)15-25-21-13-7-11-17-8-5-6-12-20(17)21/h5-8,11-13,16,18-19,23H,3-4,9-10,14-15H2,1-2H3/t19-/m0/s1. The summed E-state index contributed by atoms with van der Waals surface area (Å²) in [4.78, 5) is 12.4. The van der Waals surface area contributed by atoms with Crippen LogP contribution in [0.4, 0.5) is 0 Å². The van der Waals surface area contributed by atoms with Gasteiger partial charge in [-0.2, -0.15) is 0 Å². The van der Waals surface area contributed by atoms with Crippen molar-refractivity contribution in [3.05, 3.63) is 42.5 Å². The fourth-order valence-corrected chi connectivity index (χ4v) is 3.43. The molecular formula is C22H29NO3. The maximum absolute atomic E-state index is 12.4. The van der Waals surface area contributed by atoms with Gasteiger partial charge in [-0.15, -0.1) is 0 Å². The molecule has 0 aromatic heterocycles. The van der Waals surface area contributed by atoms with E-state index >= 15 is 0 Å². The molecule has 1 aliphatic carbocycles. The molecule has 0 heterocycles. The summed E-state index contributed by atoms with van der Waals surface area (Å²) in [6, 6.07) is 14.5. The second-order valence-corrected chi connectivity index (χ2v) is 7.39. The Hall–Kier alpha value is -2.07. The highest BCUT2D eigenvalue weighted by Gasteiger charge is 2.27. The molecule has 0 spiro atoms. The third kappa shape index (κ3) is 4.98. The van der Waals surface area contributed by atoms with Crippen LogP contribution in [0.25, 0.3) is 10.8 Å². The molecular weight excluding hydrogens is 326 g/mol. The first-order chi connectivity index (χ1) is 12.6. The topological polar surface area (TPSA) is 47.6 Å². The van der Waals surface area contributed by atoms with Gasteiger partial charge in [0.2, 0.25) is 0 Å². The smallest absolute Gasteiger partial charge is 0.309 e. The maximum Gasteiger partial charge on any atom is 0.309 e. The summed E-state index contributed by atoms with van der Waals surface area (Å²) in [5.41, 5.74) is 0. The number of benzene rings is 2.